The molecule has 0 aliphatic heterocycles. The van der Waals surface area contributed by atoms with E-state index in [2.05, 4.69) is 9.71 Å². The van der Waals surface area contributed by atoms with Gasteiger partial charge in [0.1, 0.15) is 5.84 Å². The van der Waals surface area contributed by atoms with Gasteiger partial charge in [-0.2, -0.15) is 8.42 Å². The summed E-state index contributed by atoms with van der Waals surface area (Å²) >= 11 is 0. The summed E-state index contributed by atoms with van der Waals surface area (Å²) in [5, 5.41) is 7.24. The Hall–Kier alpha value is -2.35. The first-order chi connectivity index (χ1) is 9.42. The number of aromatic nitrogens is 2. The lowest BCUT2D eigenvalue weighted by Gasteiger charge is -2.06. The molecule has 8 heteroatoms. The summed E-state index contributed by atoms with van der Waals surface area (Å²) in [6.45, 7) is 2.54. The topological polar surface area (TPSA) is 114 Å². The largest absolute Gasteiger partial charge is 0.384 e. The second-order valence-electron chi connectivity index (χ2n) is 4.14. The Balaban J connectivity index is 2.21. The first kappa shape index (κ1) is 14.1. The van der Waals surface area contributed by atoms with Crippen molar-refractivity contribution in [2.24, 2.45) is 5.73 Å². The van der Waals surface area contributed by atoms with Crippen LogP contribution < -0.4 is 10.5 Å². The lowest BCUT2D eigenvalue weighted by Crippen LogP contribution is -2.14. The molecule has 0 fully saturated rings. The zero-order valence-corrected chi connectivity index (χ0v) is 11.7. The molecule has 0 atom stereocenters. The molecule has 2 aromatic rings. The minimum atomic E-state index is -3.70. The summed E-state index contributed by atoms with van der Waals surface area (Å²) in [7, 11) is -3.70. The van der Waals surface area contributed by atoms with E-state index in [-0.39, 0.29) is 10.9 Å². The number of nitrogens with one attached hydrogen (secondary N) is 2. The number of benzene rings is 1. The lowest BCUT2D eigenvalue weighted by atomic mass is 10.2. The van der Waals surface area contributed by atoms with Crippen molar-refractivity contribution in [1.82, 2.24) is 9.55 Å². The van der Waals surface area contributed by atoms with Gasteiger partial charge in [-0.3, -0.25) is 10.1 Å². The van der Waals surface area contributed by atoms with Gasteiger partial charge in [-0.05, 0) is 31.2 Å². The molecule has 0 saturated carbocycles. The fourth-order valence-corrected chi connectivity index (χ4v) is 2.59. The van der Waals surface area contributed by atoms with Crippen LogP contribution in [0.5, 0.6) is 0 Å². The highest BCUT2D eigenvalue weighted by molar-refractivity contribution is 7.92. The van der Waals surface area contributed by atoms with Crippen LogP contribution in [0.15, 0.2) is 41.8 Å². The Kier molecular flexibility index (Phi) is 3.75. The predicted octanol–water partition coefficient (Wildman–Crippen LogP) is 0.988. The molecule has 1 aromatic heterocycles. The van der Waals surface area contributed by atoms with Crippen LogP contribution in [0.1, 0.15) is 12.5 Å². The third kappa shape index (κ3) is 2.97. The number of sulfonamides is 1. The molecule has 0 aliphatic rings. The van der Waals surface area contributed by atoms with Gasteiger partial charge in [0.2, 0.25) is 0 Å². The number of amidine groups is 1. The highest BCUT2D eigenvalue weighted by atomic mass is 32.2. The monoisotopic (exact) mass is 293 g/mol. The summed E-state index contributed by atoms with van der Waals surface area (Å²) in [5.74, 6) is -0.0684. The van der Waals surface area contributed by atoms with Gasteiger partial charge in [0.05, 0.1) is 6.33 Å². The molecule has 0 aliphatic carbocycles. The summed E-state index contributed by atoms with van der Waals surface area (Å²) in [6, 6.07) is 6.24. The molecule has 0 bridgehead atoms. The number of hydrogen-bond donors (Lipinski definition) is 3. The van der Waals surface area contributed by atoms with Crippen LogP contribution in [0, 0.1) is 5.41 Å². The molecule has 0 saturated heterocycles. The Bertz CT molecular complexity index is 719. The molecule has 1 heterocycles. The highest BCUT2D eigenvalue weighted by Gasteiger charge is 2.17. The molecule has 2 rings (SSSR count). The van der Waals surface area contributed by atoms with Gasteiger partial charge in [-0.15, -0.1) is 0 Å². The van der Waals surface area contributed by atoms with Crippen LogP contribution in [0.4, 0.5) is 5.69 Å². The summed E-state index contributed by atoms with van der Waals surface area (Å²) in [4.78, 5) is 3.86. The maximum atomic E-state index is 12.1. The molecule has 20 heavy (non-hydrogen) atoms. The normalized spacial score (nSPS) is 11.2. The van der Waals surface area contributed by atoms with E-state index in [0.29, 0.717) is 17.8 Å². The van der Waals surface area contributed by atoms with Crippen LogP contribution in [-0.4, -0.2) is 23.8 Å². The van der Waals surface area contributed by atoms with Gasteiger partial charge >= 0.3 is 0 Å². The summed E-state index contributed by atoms with van der Waals surface area (Å²) in [6.07, 6.45) is 2.93. The molecule has 0 radical (unpaired) electrons. The molecule has 4 N–H and O–H groups in total. The summed E-state index contributed by atoms with van der Waals surface area (Å²) < 4.78 is 28.3. The first-order valence-corrected chi connectivity index (χ1v) is 7.40. The SMILES string of the molecule is CCn1cnc(S(=O)(=O)Nc2ccc(C(=N)N)cc2)c1. The molecular weight excluding hydrogens is 278 g/mol. The molecule has 106 valence electrons. The predicted molar refractivity (Wildman–Crippen MR) is 76.2 cm³/mol. The maximum Gasteiger partial charge on any atom is 0.280 e. The second-order valence-corrected chi connectivity index (χ2v) is 5.77. The van der Waals surface area contributed by atoms with Gasteiger partial charge in [0.15, 0.2) is 5.03 Å². The van der Waals surface area contributed by atoms with Gasteiger partial charge in [0.25, 0.3) is 10.0 Å². The number of aryl methyl sites for hydroxylation is 1. The van der Waals surface area contributed by atoms with Crippen LogP contribution in [0.2, 0.25) is 0 Å². The van der Waals surface area contributed by atoms with Crippen molar-refractivity contribution in [3.05, 3.63) is 42.4 Å². The van der Waals surface area contributed by atoms with Gasteiger partial charge < -0.3 is 10.3 Å². The van der Waals surface area contributed by atoms with Crippen molar-refractivity contribution in [3.63, 3.8) is 0 Å². The third-order valence-electron chi connectivity index (χ3n) is 2.70. The quantitative estimate of drug-likeness (QED) is 0.563. The van der Waals surface area contributed by atoms with E-state index in [9.17, 15) is 8.42 Å². The van der Waals surface area contributed by atoms with E-state index in [4.69, 9.17) is 11.1 Å². The van der Waals surface area contributed by atoms with E-state index in [1.54, 1.807) is 28.8 Å². The number of nitrogens with zero attached hydrogens (tertiary/aromatic N) is 2. The number of imidazole rings is 1. The smallest absolute Gasteiger partial charge is 0.280 e. The minimum absolute atomic E-state index is 0.0324. The van der Waals surface area contributed by atoms with Gasteiger partial charge in [0, 0.05) is 24.0 Å². The molecule has 0 amide bonds. The van der Waals surface area contributed by atoms with Crippen LogP contribution in [0.25, 0.3) is 0 Å². The Labute approximate surface area is 117 Å². The zero-order valence-electron chi connectivity index (χ0n) is 10.9. The Morgan fingerprint density at radius 3 is 2.55 bits per heavy atom. The van der Waals surface area contributed by atoms with Crippen molar-refractivity contribution in [1.29, 1.82) is 5.41 Å². The average Bonchev–Trinajstić information content (AvgIpc) is 2.88. The molecule has 0 unspecified atom stereocenters. The number of hydrogen-bond acceptors (Lipinski definition) is 4. The number of nitrogens with two attached hydrogens (primary N) is 1. The number of nitrogen functional groups attached to an aromatic ring is 1. The summed E-state index contributed by atoms with van der Waals surface area (Å²) in [5.41, 5.74) is 6.25. The van der Waals surface area contributed by atoms with Crippen molar-refractivity contribution < 1.29 is 8.42 Å². The Morgan fingerprint density at radius 2 is 2.05 bits per heavy atom. The first-order valence-electron chi connectivity index (χ1n) is 5.91. The zero-order chi connectivity index (χ0) is 14.8. The number of rotatable bonds is 5. The van der Waals surface area contributed by atoms with Crippen molar-refractivity contribution in [2.45, 2.75) is 18.5 Å². The van der Waals surface area contributed by atoms with Crippen LogP contribution in [0.3, 0.4) is 0 Å². The maximum absolute atomic E-state index is 12.1. The van der Waals surface area contributed by atoms with E-state index >= 15 is 0 Å². The molecule has 1 aromatic carbocycles. The molecular formula is C12H15N5O2S. The fraction of sp³-hybridized carbons (Fsp3) is 0.167. The van der Waals surface area contributed by atoms with Gasteiger partial charge in [-0.1, -0.05) is 0 Å². The fourth-order valence-electron chi connectivity index (χ4n) is 1.58. The van der Waals surface area contributed by atoms with E-state index in [0.717, 1.165) is 0 Å². The van der Waals surface area contributed by atoms with E-state index in [1.807, 2.05) is 6.92 Å². The van der Waals surface area contributed by atoms with E-state index in [1.165, 1.54) is 12.5 Å². The van der Waals surface area contributed by atoms with Crippen molar-refractivity contribution in [3.8, 4) is 0 Å². The molecule has 0 spiro atoms. The minimum Gasteiger partial charge on any atom is -0.384 e. The van der Waals surface area contributed by atoms with Crippen molar-refractivity contribution >= 4 is 21.5 Å². The lowest BCUT2D eigenvalue weighted by molar-refractivity contribution is 0.598. The molecule has 7 nitrogen and oxygen atoms in total. The number of anilines is 1. The van der Waals surface area contributed by atoms with E-state index < -0.39 is 10.0 Å². The average molecular weight is 293 g/mol. The second kappa shape index (κ2) is 5.33. The van der Waals surface area contributed by atoms with Crippen molar-refractivity contribution in [2.75, 3.05) is 4.72 Å². The highest BCUT2D eigenvalue weighted by Crippen LogP contribution is 2.15. The van der Waals surface area contributed by atoms with Crippen LogP contribution in [-0.2, 0) is 16.6 Å². The standard InChI is InChI=1S/C12H15N5O2S/c1-2-17-7-11(15-8-17)20(18,19)16-10-5-3-9(4-6-10)12(13)14/h3-8,16H,2H2,1H3,(H3,13,14). The van der Waals surface area contributed by atoms with Gasteiger partial charge in [-0.25, -0.2) is 4.98 Å². The Morgan fingerprint density at radius 1 is 1.40 bits per heavy atom. The van der Waals surface area contributed by atoms with Crippen LogP contribution >= 0.6 is 0 Å². The third-order valence-corrected chi connectivity index (χ3v) is 3.96.